The van der Waals surface area contributed by atoms with Crippen molar-refractivity contribution in [2.24, 2.45) is 0 Å². The molecule has 20 heavy (non-hydrogen) atoms. The van der Waals surface area contributed by atoms with Crippen molar-refractivity contribution in [2.45, 2.75) is 50.2 Å². The molecule has 0 spiro atoms. The van der Waals surface area contributed by atoms with E-state index >= 15 is 0 Å². The minimum atomic E-state index is -0.255. The van der Waals surface area contributed by atoms with Gasteiger partial charge < -0.3 is 10.1 Å². The van der Waals surface area contributed by atoms with Crippen LogP contribution in [0.5, 0.6) is 0 Å². The molecule has 0 aromatic carbocycles. The summed E-state index contributed by atoms with van der Waals surface area (Å²) < 4.78 is 4.52. The highest BCUT2D eigenvalue weighted by atomic mass is 33.1. The van der Waals surface area contributed by atoms with Gasteiger partial charge in [0, 0.05) is 24.6 Å². The van der Waals surface area contributed by atoms with Crippen molar-refractivity contribution in [3.63, 3.8) is 0 Å². The number of hydrogen-bond acceptors (Lipinski definition) is 5. The van der Waals surface area contributed by atoms with Crippen molar-refractivity contribution in [1.29, 1.82) is 0 Å². The molecule has 0 fully saturated rings. The summed E-state index contributed by atoms with van der Waals surface area (Å²) in [5.74, 6) is -0.227. The van der Waals surface area contributed by atoms with Gasteiger partial charge in [-0.3, -0.25) is 9.59 Å². The summed E-state index contributed by atoms with van der Waals surface area (Å²) in [7, 11) is 5.10. The fourth-order valence-electron chi connectivity index (χ4n) is 1.86. The van der Waals surface area contributed by atoms with Crippen LogP contribution in [0.1, 0.15) is 44.9 Å². The molecule has 1 heterocycles. The molecule has 0 aromatic heterocycles. The Kier molecular flexibility index (Phi) is 9.66. The van der Waals surface area contributed by atoms with Crippen molar-refractivity contribution in [3.05, 3.63) is 11.5 Å². The van der Waals surface area contributed by atoms with Crippen LogP contribution in [0.25, 0.3) is 0 Å². The summed E-state index contributed by atoms with van der Waals surface area (Å²) in [4.78, 5) is 22.3. The number of rotatable bonds is 10. The molecular weight excluding hydrogens is 294 g/mol. The molecule has 0 saturated heterocycles. The average molecular weight is 317 g/mol. The molecule has 0 radical (unpaired) electrons. The van der Waals surface area contributed by atoms with Crippen molar-refractivity contribution in [3.8, 4) is 0 Å². The predicted octanol–water partition coefficient (Wildman–Crippen LogP) is 3.28. The van der Waals surface area contributed by atoms with Gasteiger partial charge in [-0.05, 0) is 24.7 Å². The van der Waals surface area contributed by atoms with Gasteiger partial charge in [0.2, 0.25) is 5.91 Å². The van der Waals surface area contributed by atoms with Crippen LogP contribution < -0.4 is 5.32 Å². The molecule has 1 aliphatic heterocycles. The predicted molar refractivity (Wildman–Crippen MR) is 85.5 cm³/mol. The number of ether oxygens (including phenoxy) is 1. The van der Waals surface area contributed by atoms with Crippen LogP contribution >= 0.6 is 21.6 Å². The van der Waals surface area contributed by atoms with Crippen LogP contribution in [0.3, 0.4) is 0 Å². The van der Waals surface area contributed by atoms with E-state index in [0.29, 0.717) is 24.5 Å². The van der Waals surface area contributed by atoms with Crippen molar-refractivity contribution >= 4 is 33.5 Å². The number of nitrogens with one attached hydrogen (secondary N) is 1. The maximum absolute atomic E-state index is 11.5. The van der Waals surface area contributed by atoms with Crippen LogP contribution in [0, 0.1) is 0 Å². The zero-order chi connectivity index (χ0) is 14.6. The summed E-state index contributed by atoms with van der Waals surface area (Å²) in [6, 6.07) is 0. The Morgan fingerprint density at radius 3 is 2.75 bits per heavy atom. The first-order valence-corrected chi connectivity index (χ1v) is 9.32. The van der Waals surface area contributed by atoms with E-state index in [2.05, 4.69) is 21.5 Å². The third kappa shape index (κ3) is 8.53. The SMILES string of the molecule is COC(=O)CCCC(=O)NCCCCCC1C=CSS1. The second-order valence-electron chi connectivity index (χ2n) is 4.69. The fraction of sp³-hybridized carbons (Fsp3) is 0.714. The van der Waals surface area contributed by atoms with Gasteiger partial charge in [-0.2, -0.15) is 0 Å². The molecule has 6 heteroatoms. The molecule has 1 atom stereocenters. The van der Waals surface area contributed by atoms with E-state index in [1.807, 2.05) is 21.6 Å². The molecular formula is C14H23NO3S2. The van der Waals surface area contributed by atoms with Crippen LogP contribution in [0.4, 0.5) is 0 Å². The van der Waals surface area contributed by atoms with Gasteiger partial charge in [0.25, 0.3) is 0 Å². The molecule has 0 bridgehead atoms. The monoisotopic (exact) mass is 317 g/mol. The molecule has 1 amide bonds. The van der Waals surface area contributed by atoms with Crippen molar-refractivity contribution in [2.75, 3.05) is 13.7 Å². The Hall–Kier alpha value is -0.620. The topological polar surface area (TPSA) is 55.4 Å². The van der Waals surface area contributed by atoms with Gasteiger partial charge in [0.05, 0.1) is 7.11 Å². The zero-order valence-electron chi connectivity index (χ0n) is 11.9. The van der Waals surface area contributed by atoms with Gasteiger partial charge in [-0.1, -0.05) is 40.5 Å². The molecule has 1 aliphatic rings. The highest BCUT2D eigenvalue weighted by Crippen LogP contribution is 2.37. The van der Waals surface area contributed by atoms with E-state index in [1.165, 1.54) is 20.0 Å². The summed E-state index contributed by atoms with van der Waals surface area (Å²) in [6.07, 6.45) is 8.14. The lowest BCUT2D eigenvalue weighted by Crippen LogP contribution is -2.24. The molecule has 0 aromatic rings. The Labute approximate surface area is 128 Å². The van der Waals surface area contributed by atoms with Gasteiger partial charge >= 0.3 is 5.97 Å². The second-order valence-corrected chi connectivity index (χ2v) is 7.11. The number of methoxy groups -OCH3 is 1. The highest BCUT2D eigenvalue weighted by Gasteiger charge is 2.09. The molecule has 1 rings (SSSR count). The Morgan fingerprint density at radius 2 is 2.05 bits per heavy atom. The largest absolute Gasteiger partial charge is 0.469 e. The molecule has 1 N–H and O–H groups in total. The van der Waals surface area contributed by atoms with Crippen LogP contribution in [0.15, 0.2) is 11.5 Å². The molecule has 4 nitrogen and oxygen atoms in total. The van der Waals surface area contributed by atoms with Crippen LogP contribution in [0.2, 0.25) is 0 Å². The molecule has 0 aliphatic carbocycles. The molecule has 0 saturated carbocycles. The maximum atomic E-state index is 11.5. The lowest BCUT2D eigenvalue weighted by Gasteiger charge is -2.07. The van der Waals surface area contributed by atoms with Gasteiger partial charge in [-0.15, -0.1) is 0 Å². The third-order valence-electron chi connectivity index (χ3n) is 3.03. The Bertz CT molecular complexity index is 334. The van der Waals surface area contributed by atoms with Gasteiger partial charge in [0.1, 0.15) is 0 Å². The minimum Gasteiger partial charge on any atom is -0.469 e. The number of esters is 1. The number of amides is 1. The summed E-state index contributed by atoms with van der Waals surface area (Å²) in [5.41, 5.74) is 0. The summed E-state index contributed by atoms with van der Waals surface area (Å²) in [6.45, 7) is 0.736. The normalized spacial score (nSPS) is 17.1. The first-order chi connectivity index (χ1) is 9.72. The standard InChI is InChI=1S/C14H23NO3S2/c1-18-14(17)8-5-7-13(16)15-10-4-2-3-6-12-9-11-19-20-12/h9,11-12H,2-8,10H2,1H3,(H,15,16). The highest BCUT2D eigenvalue weighted by molar-refractivity contribution is 8.78. The lowest BCUT2D eigenvalue weighted by atomic mass is 10.1. The Morgan fingerprint density at radius 1 is 1.20 bits per heavy atom. The molecule has 114 valence electrons. The van der Waals surface area contributed by atoms with E-state index in [-0.39, 0.29) is 11.9 Å². The number of hydrogen-bond donors (Lipinski definition) is 1. The van der Waals surface area contributed by atoms with Crippen LogP contribution in [-0.4, -0.2) is 30.8 Å². The number of carbonyl (C=O) groups is 2. The van der Waals surface area contributed by atoms with E-state index < -0.39 is 0 Å². The average Bonchev–Trinajstić information content (AvgIpc) is 2.95. The quantitative estimate of drug-likeness (QED) is 0.381. The van der Waals surface area contributed by atoms with Crippen LogP contribution in [-0.2, 0) is 14.3 Å². The van der Waals surface area contributed by atoms with E-state index in [0.717, 1.165) is 19.4 Å². The van der Waals surface area contributed by atoms with Crippen molar-refractivity contribution < 1.29 is 14.3 Å². The lowest BCUT2D eigenvalue weighted by molar-refractivity contribution is -0.140. The smallest absolute Gasteiger partial charge is 0.305 e. The number of unbranched alkanes of at least 4 members (excludes halogenated alkanes) is 2. The van der Waals surface area contributed by atoms with E-state index in [1.54, 1.807) is 0 Å². The Balaban J connectivity index is 1.86. The van der Waals surface area contributed by atoms with E-state index in [9.17, 15) is 9.59 Å². The van der Waals surface area contributed by atoms with E-state index in [4.69, 9.17) is 0 Å². The molecule has 1 unspecified atom stereocenters. The number of carbonyl (C=O) groups excluding carboxylic acids is 2. The fourth-order valence-corrected chi connectivity index (χ4v) is 4.12. The first kappa shape index (κ1) is 17.4. The summed E-state index contributed by atoms with van der Waals surface area (Å²) >= 11 is 0. The van der Waals surface area contributed by atoms with Gasteiger partial charge in [0.15, 0.2) is 0 Å². The zero-order valence-corrected chi connectivity index (χ0v) is 13.6. The summed E-state index contributed by atoms with van der Waals surface area (Å²) in [5, 5.41) is 5.72. The van der Waals surface area contributed by atoms with Gasteiger partial charge in [-0.25, -0.2) is 0 Å². The first-order valence-electron chi connectivity index (χ1n) is 7.04. The van der Waals surface area contributed by atoms with Crippen molar-refractivity contribution in [1.82, 2.24) is 5.32 Å². The second kappa shape index (κ2) is 11.1. The maximum Gasteiger partial charge on any atom is 0.305 e. The third-order valence-corrected chi connectivity index (χ3v) is 5.46. The minimum absolute atomic E-state index is 0.0274.